The van der Waals surface area contributed by atoms with Gasteiger partial charge in [0.1, 0.15) is 0 Å². The number of rotatable bonds is 2. The fraction of sp³-hybridized carbons (Fsp3) is 0.538. The van der Waals surface area contributed by atoms with Gasteiger partial charge in [0, 0.05) is 0 Å². The predicted octanol–water partition coefficient (Wildman–Crippen LogP) is 2.15. The minimum Gasteiger partial charge on any atom is -0.394 e. The summed E-state index contributed by atoms with van der Waals surface area (Å²) in [6.07, 6.45) is 0. The molecule has 0 aliphatic heterocycles. The summed E-state index contributed by atoms with van der Waals surface area (Å²) < 4.78 is 0. The molecule has 0 aliphatic carbocycles. The Hall–Kier alpha value is -0.860. The quantitative estimate of drug-likeness (QED) is 0.780. The molecular weight excluding hydrogens is 186 g/mol. The van der Waals surface area contributed by atoms with Crippen LogP contribution in [0.3, 0.4) is 0 Å². The molecule has 1 unspecified atom stereocenters. The summed E-state index contributed by atoms with van der Waals surface area (Å²) in [4.78, 5) is 0. The Bertz CT molecular complexity index is 337. The van der Waals surface area contributed by atoms with Crippen LogP contribution in [0.25, 0.3) is 0 Å². The normalized spacial score (nSPS) is 16.1. The van der Waals surface area contributed by atoms with Crippen molar-refractivity contribution in [2.75, 3.05) is 6.61 Å². The van der Waals surface area contributed by atoms with Crippen molar-refractivity contribution < 1.29 is 5.11 Å². The van der Waals surface area contributed by atoms with Gasteiger partial charge in [-0.15, -0.1) is 0 Å². The van der Waals surface area contributed by atoms with E-state index in [9.17, 15) is 5.11 Å². The van der Waals surface area contributed by atoms with Crippen molar-refractivity contribution in [3.8, 4) is 0 Å². The van der Waals surface area contributed by atoms with Crippen LogP contribution in [-0.2, 0) is 11.0 Å². The SMILES string of the molecule is CC(C)(C)c1cccc(C(C)(N)CO)c1. The third-order valence-corrected chi connectivity index (χ3v) is 2.72. The topological polar surface area (TPSA) is 46.2 Å². The predicted molar refractivity (Wildman–Crippen MR) is 63.8 cm³/mol. The summed E-state index contributed by atoms with van der Waals surface area (Å²) in [5.74, 6) is 0. The van der Waals surface area contributed by atoms with Gasteiger partial charge < -0.3 is 10.8 Å². The van der Waals surface area contributed by atoms with Gasteiger partial charge in [0.15, 0.2) is 0 Å². The molecule has 0 aromatic heterocycles. The first-order valence-corrected chi connectivity index (χ1v) is 5.28. The number of hydrogen-bond acceptors (Lipinski definition) is 2. The molecule has 84 valence electrons. The zero-order valence-electron chi connectivity index (χ0n) is 10.0. The van der Waals surface area contributed by atoms with Crippen molar-refractivity contribution in [3.63, 3.8) is 0 Å². The van der Waals surface area contributed by atoms with E-state index < -0.39 is 5.54 Å². The molecule has 0 fully saturated rings. The highest BCUT2D eigenvalue weighted by atomic mass is 16.3. The lowest BCUT2D eigenvalue weighted by Crippen LogP contribution is -2.37. The van der Waals surface area contributed by atoms with Crippen LogP contribution in [0.4, 0.5) is 0 Å². The first-order chi connectivity index (χ1) is 6.77. The van der Waals surface area contributed by atoms with Crippen LogP contribution < -0.4 is 5.73 Å². The number of nitrogens with two attached hydrogens (primary N) is 1. The van der Waals surface area contributed by atoms with Gasteiger partial charge >= 0.3 is 0 Å². The van der Waals surface area contributed by atoms with Crippen molar-refractivity contribution >= 4 is 0 Å². The van der Waals surface area contributed by atoms with E-state index in [-0.39, 0.29) is 12.0 Å². The van der Waals surface area contributed by atoms with Gasteiger partial charge in [0.25, 0.3) is 0 Å². The molecule has 0 heterocycles. The number of aliphatic hydroxyl groups is 1. The van der Waals surface area contributed by atoms with Crippen LogP contribution in [-0.4, -0.2) is 11.7 Å². The smallest absolute Gasteiger partial charge is 0.0650 e. The first kappa shape index (κ1) is 12.2. The van der Waals surface area contributed by atoms with Gasteiger partial charge in [-0.1, -0.05) is 45.0 Å². The molecule has 1 aromatic rings. The van der Waals surface area contributed by atoms with Crippen LogP contribution in [0.2, 0.25) is 0 Å². The Kier molecular flexibility index (Phi) is 3.22. The largest absolute Gasteiger partial charge is 0.394 e. The molecule has 0 spiro atoms. The zero-order valence-corrected chi connectivity index (χ0v) is 10.0. The second-order valence-corrected chi connectivity index (χ2v) is 5.41. The second-order valence-electron chi connectivity index (χ2n) is 5.41. The molecule has 0 bridgehead atoms. The standard InChI is InChI=1S/C13H21NO/c1-12(2,3)10-6-5-7-11(8-10)13(4,14)9-15/h5-8,15H,9,14H2,1-4H3. The van der Waals surface area contributed by atoms with Crippen molar-refractivity contribution in [3.05, 3.63) is 35.4 Å². The summed E-state index contributed by atoms with van der Waals surface area (Å²) in [5, 5.41) is 9.22. The van der Waals surface area contributed by atoms with Gasteiger partial charge in [-0.3, -0.25) is 0 Å². The first-order valence-electron chi connectivity index (χ1n) is 5.28. The number of hydrogen-bond donors (Lipinski definition) is 2. The van der Waals surface area contributed by atoms with Gasteiger partial charge in [0.05, 0.1) is 12.1 Å². The lowest BCUT2D eigenvalue weighted by atomic mass is 9.83. The molecule has 3 N–H and O–H groups in total. The van der Waals surface area contributed by atoms with Gasteiger partial charge in [0.2, 0.25) is 0 Å². The molecular formula is C13H21NO. The fourth-order valence-electron chi connectivity index (χ4n) is 1.43. The average Bonchev–Trinajstić information content (AvgIpc) is 2.17. The molecule has 0 aliphatic rings. The van der Waals surface area contributed by atoms with Crippen LogP contribution in [0.1, 0.15) is 38.8 Å². The van der Waals surface area contributed by atoms with Crippen LogP contribution in [0.15, 0.2) is 24.3 Å². The van der Waals surface area contributed by atoms with E-state index in [2.05, 4.69) is 32.9 Å². The maximum absolute atomic E-state index is 9.22. The minimum absolute atomic E-state index is 0.0411. The highest BCUT2D eigenvalue weighted by Crippen LogP contribution is 2.26. The summed E-state index contributed by atoms with van der Waals surface area (Å²) >= 11 is 0. The third kappa shape index (κ3) is 2.80. The van der Waals surface area contributed by atoms with E-state index in [4.69, 9.17) is 5.73 Å². The highest BCUT2D eigenvalue weighted by molar-refractivity contribution is 5.32. The molecule has 0 amide bonds. The van der Waals surface area contributed by atoms with E-state index in [1.807, 2.05) is 19.1 Å². The Morgan fingerprint density at radius 1 is 1.13 bits per heavy atom. The highest BCUT2D eigenvalue weighted by Gasteiger charge is 2.22. The van der Waals surface area contributed by atoms with Crippen LogP contribution >= 0.6 is 0 Å². The molecule has 0 saturated heterocycles. The van der Waals surface area contributed by atoms with E-state index >= 15 is 0 Å². The van der Waals surface area contributed by atoms with Crippen molar-refractivity contribution in [1.82, 2.24) is 0 Å². The lowest BCUT2D eigenvalue weighted by Gasteiger charge is -2.26. The second kappa shape index (κ2) is 3.95. The van der Waals surface area contributed by atoms with Gasteiger partial charge in [-0.2, -0.15) is 0 Å². The molecule has 1 aromatic carbocycles. The minimum atomic E-state index is -0.652. The average molecular weight is 207 g/mol. The summed E-state index contributed by atoms with van der Waals surface area (Å²) in [5.41, 5.74) is 7.69. The summed E-state index contributed by atoms with van der Waals surface area (Å²) in [6, 6.07) is 8.13. The monoisotopic (exact) mass is 207 g/mol. The molecule has 1 rings (SSSR count). The summed E-state index contributed by atoms with van der Waals surface area (Å²) in [6.45, 7) is 8.30. The van der Waals surface area contributed by atoms with E-state index in [1.165, 1.54) is 5.56 Å². The van der Waals surface area contributed by atoms with Gasteiger partial charge in [-0.25, -0.2) is 0 Å². The van der Waals surface area contributed by atoms with Crippen molar-refractivity contribution in [2.24, 2.45) is 5.73 Å². The van der Waals surface area contributed by atoms with Crippen molar-refractivity contribution in [1.29, 1.82) is 0 Å². The Labute approximate surface area is 92.1 Å². The molecule has 2 heteroatoms. The molecule has 15 heavy (non-hydrogen) atoms. The lowest BCUT2D eigenvalue weighted by molar-refractivity contribution is 0.210. The van der Waals surface area contributed by atoms with E-state index in [1.54, 1.807) is 0 Å². The molecule has 1 atom stereocenters. The zero-order chi connectivity index (χ0) is 11.7. The number of benzene rings is 1. The van der Waals surface area contributed by atoms with Crippen molar-refractivity contribution in [2.45, 2.75) is 38.6 Å². The Morgan fingerprint density at radius 2 is 1.67 bits per heavy atom. The molecule has 0 radical (unpaired) electrons. The maximum atomic E-state index is 9.22. The molecule has 2 nitrogen and oxygen atoms in total. The molecule has 0 saturated carbocycles. The Morgan fingerprint density at radius 3 is 2.13 bits per heavy atom. The maximum Gasteiger partial charge on any atom is 0.0650 e. The number of aliphatic hydroxyl groups excluding tert-OH is 1. The van der Waals surface area contributed by atoms with Crippen LogP contribution in [0, 0.1) is 0 Å². The van der Waals surface area contributed by atoms with E-state index in [0.717, 1.165) is 5.56 Å². The fourth-order valence-corrected chi connectivity index (χ4v) is 1.43. The van der Waals surface area contributed by atoms with E-state index in [0.29, 0.717) is 0 Å². The van der Waals surface area contributed by atoms with Crippen LogP contribution in [0.5, 0.6) is 0 Å². The third-order valence-electron chi connectivity index (χ3n) is 2.72. The van der Waals surface area contributed by atoms with Gasteiger partial charge in [-0.05, 0) is 23.5 Å². The summed E-state index contributed by atoms with van der Waals surface area (Å²) in [7, 11) is 0. The Balaban J connectivity index is 3.14.